The summed E-state index contributed by atoms with van der Waals surface area (Å²) < 4.78 is 0. The number of H-pyrrole nitrogens is 2. The molecule has 196 valence electrons. The Bertz CT molecular complexity index is 1680. The molecule has 0 unspecified atom stereocenters. The van der Waals surface area contributed by atoms with E-state index >= 15 is 0 Å². The third kappa shape index (κ3) is 5.15. The summed E-state index contributed by atoms with van der Waals surface area (Å²) in [6.07, 6.45) is 18.3. The van der Waals surface area contributed by atoms with Crippen LogP contribution in [0.1, 0.15) is 36.8 Å². The van der Waals surface area contributed by atoms with Gasteiger partial charge < -0.3 is 10.3 Å². The van der Waals surface area contributed by atoms with Gasteiger partial charge in [-0.05, 0) is 66.3 Å². The summed E-state index contributed by atoms with van der Waals surface area (Å²) >= 11 is 0. The molecule has 0 saturated heterocycles. The summed E-state index contributed by atoms with van der Waals surface area (Å²) in [5.41, 5.74) is 8.49. The molecule has 8 heteroatoms. The molecule has 0 radical (unpaired) electrons. The first-order chi connectivity index (χ1) is 19.2. The van der Waals surface area contributed by atoms with E-state index in [0.29, 0.717) is 5.82 Å². The van der Waals surface area contributed by atoms with Gasteiger partial charge in [0.2, 0.25) is 0 Å². The number of benzene rings is 1. The Hall–Kier alpha value is -4.43. The molecule has 4 heterocycles. The Labute approximate surface area is 227 Å². The van der Waals surface area contributed by atoms with Gasteiger partial charge in [-0.25, -0.2) is 4.98 Å². The Morgan fingerprint density at radius 3 is 2.79 bits per heavy atom. The Balaban J connectivity index is 1.31. The van der Waals surface area contributed by atoms with E-state index in [4.69, 9.17) is 4.98 Å². The van der Waals surface area contributed by atoms with Crippen LogP contribution < -0.4 is 5.32 Å². The monoisotopic (exact) mass is 516 g/mol. The lowest BCUT2D eigenvalue weighted by molar-refractivity contribution is 0.489. The van der Waals surface area contributed by atoms with Gasteiger partial charge in [-0.15, -0.1) is 0 Å². The van der Waals surface area contributed by atoms with Gasteiger partial charge in [-0.2, -0.15) is 5.10 Å². The second-order valence-electron chi connectivity index (χ2n) is 10.1. The van der Waals surface area contributed by atoms with E-state index in [1.807, 2.05) is 18.5 Å². The highest BCUT2D eigenvalue weighted by Crippen LogP contribution is 2.32. The molecule has 0 amide bonds. The number of aliphatic imine (C=N–C) groups is 1. The Morgan fingerprint density at radius 1 is 1.08 bits per heavy atom. The second kappa shape index (κ2) is 11.1. The fraction of sp³-hybridized carbons (Fsp3) is 0.258. The van der Waals surface area contributed by atoms with Crippen LogP contribution >= 0.6 is 0 Å². The molecule has 1 saturated carbocycles. The van der Waals surface area contributed by atoms with Crippen molar-refractivity contribution in [1.82, 2.24) is 35.5 Å². The lowest BCUT2D eigenvalue weighted by atomic mass is 10.0. The zero-order chi connectivity index (χ0) is 26.6. The minimum absolute atomic E-state index is 0.679. The van der Waals surface area contributed by atoms with Crippen LogP contribution in [-0.4, -0.2) is 49.9 Å². The van der Waals surface area contributed by atoms with Crippen LogP contribution in [0.25, 0.3) is 50.2 Å². The quantitative estimate of drug-likeness (QED) is 0.162. The summed E-state index contributed by atoms with van der Waals surface area (Å²) in [6.45, 7) is 5.86. The number of aromatic nitrogens is 6. The topological polar surface area (TPSA) is 108 Å². The van der Waals surface area contributed by atoms with Gasteiger partial charge in [-0.3, -0.25) is 20.1 Å². The average Bonchev–Trinajstić information content (AvgIpc) is 3.73. The van der Waals surface area contributed by atoms with Crippen molar-refractivity contribution in [2.45, 2.75) is 32.2 Å². The van der Waals surface area contributed by atoms with Crippen LogP contribution in [0, 0.1) is 5.92 Å². The Kier molecular flexibility index (Phi) is 7.10. The highest BCUT2D eigenvalue weighted by molar-refractivity contribution is 5.99. The summed E-state index contributed by atoms with van der Waals surface area (Å²) in [4.78, 5) is 21.3. The van der Waals surface area contributed by atoms with Gasteiger partial charge in [-0.1, -0.05) is 31.6 Å². The number of imidazole rings is 1. The van der Waals surface area contributed by atoms with Crippen LogP contribution in [0.15, 0.2) is 72.8 Å². The van der Waals surface area contributed by atoms with Crippen LogP contribution in [0.3, 0.4) is 0 Å². The summed E-state index contributed by atoms with van der Waals surface area (Å²) in [7, 11) is 1.74. The molecule has 1 aliphatic carbocycles. The SMILES string of the molecule is C=C/C(=C\C=N/C)c1cncc2[nH]c(-c3n[nH]c4ccc(-c5cncc(CNCC6CCCC6)c5)cc34)nc12. The fourth-order valence-corrected chi connectivity index (χ4v) is 5.43. The lowest BCUT2D eigenvalue weighted by Gasteiger charge is -2.11. The number of nitrogens with zero attached hydrogens (tertiary/aromatic N) is 5. The first-order valence-electron chi connectivity index (χ1n) is 13.5. The molecular weight excluding hydrogens is 484 g/mol. The standard InChI is InChI=1S/C31H32N8/c1-3-22(10-11-32-2)26-18-35-19-28-29(26)37-31(36-28)30-25-13-23(8-9-27(25)38-39-30)24-12-21(16-34-17-24)15-33-14-20-6-4-5-7-20/h3,8-13,16-20,33H,1,4-7,14-15H2,2H3,(H,36,37)(H,38,39)/b22-10+,32-11-. The largest absolute Gasteiger partial charge is 0.335 e. The van der Waals surface area contributed by atoms with Crippen molar-refractivity contribution in [3.63, 3.8) is 0 Å². The molecule has 0 bridgehead atoms. The van der Waals surface area contributed by atoms with Crippen molar-refractivity contribution in [2.75, 3.05) is 13.6 Å². The number of nitrogens with one attached hydrogen (secondary N) is 3. The average molecular weight is 517 g/mol. The second-order valence-corrected chi connectivity index (χ2v) is 10.1. The first-order valence-corrected chi connectivity index (χ1v) is 13.5. The molecular formula is C31H32N8. The number of rotatable bonds is 9. The zero-order valence-electron chi connectivity index (χ0n) is 22.1. The van der Waals surface area contributed by atoms with Crippen LogP contribution in [0.5, 0.6) is 0 Å². The predicted octanol–water partition coefficient (Wildman–Crippen LogP) is 6.11. The van der Waals surface area contributed by atoms with E-state index in [2.05, 4.69) is 66.3 Å². The van der Waals surface area contributed by atoms with E-state index in [1.54, 1.807) is 31.7 Å². The minimum Gasteiger partial charge on any atom is -0.335 e. The van der Waals surface area contributed by atoms with Crippen LogP contribution in [-0.2, 0) is 6.54 Å². The molecule has 0 atom stereocenters. The summed E-state index contributed by atoms with van der Waals surface area (Å²) in [6, 6.07) is 8.54. The van der Waals surface area contributed by atoms with Crippen molar-refractivity contribution >= 4 is 33.7 Å². The number of hydrogen-bond acceptors (Lipinski definition) is 6. The van der Waals surface area contributed by atoms with Crippen LogP contribution in [0.2, 0.25) is 0 Å². The van der Waals surface area contributed by atoms with Gasteiger partial charge in [0.25, 0.3) is 0 Å². The van der Waals surface area contributed by atoms with Crippen LogP contribution in [0.4, 0.5) is 0 Å². The number of hydrogen-bond donors (Lipinski definition) is 3. The number of allylic oxidation sites excluding steroid dienone is 3. The summed E-state index contributed by atoms with van der Waals surface area (Å²) in [5, 5.41) is 12.4. The van der Waals surface area contributed by atoms with E-state index in [-0.39, 0.29) is 0 Å². The van der Waals surface area contributed by atoms with Crippen molar-refractivity contribution in [2.24, 2.45) is 10.9 Å². The van der Waals surface area contributed by atoms with E-state index in [9.17, 15) is 0 Å². The van der Waals surface area contributed by atoms with Gasteiger partial charge in [0, 0.05) is 54.9 Å². The van der Waals surface area contributed by atoms with E-state index in [1.165, 1.54) is 31.2 Å². The molecule has 1 aromatic carbocycles. The van der Waals surface area contributed by atoms with Gasteiger partial charge >= 0.3 is 0 Å². The van der Waals surface area contributed by atoms with Gasteiger partial charge in [0.05, 0.1) is 22.7 Å². The Morgan fingerprint density at radius 2 is 1.95 bits per heavy atom. The third-order valence-electron chi connectivity index (χ3n) is 7.48. The number of fused-ring (bicyclic) bond motifs is 2. The molecule has 8 nitrogen and oxygen atoms in total. The predicted molar refractivity (Wildman–Crippen MR) is 158 cm³/mol. The number of aromatic amines is 2. The molecule has 39 heavy (non-hydrogen) atoms. The fourth-order valence-electron chi connectivity index (χ4n) is 5.43. The summed E-state index contributed by atoms with van der Waals surface area (Å²) in [5.74, 6) is 1.50. The van der Waals surface area contributed by atoms with E-state index in [0.717, 1.165) is 68.9 Å². The molecule has 4 aromatic heterocycles. The normalized spacial score (nSPS) is 14.7. The highest BCUT2D eigenvalue weighted by Gasteiger charge is 2.17. The first kappa shape index (κ1) is 24.9. The molecule has 0 aliphatic heterocycles. The van der Waals surface area contributed by atoms with Gasteiger partial charge in [0.1, 0.15) is 5.69 Å². The molecule has 5 aromatic rings. The van der Waals surface area contributed by atoms with Crippen molar-refractivity contribution in [3.05, 3.63) is 78.9 Å². The molecule has 6 rings (SSSR count). The molecule has 0 spiro atoms. The third-order valence-corrected chi connectivity index (χ3v) is 7.48. The zero-order valence-corrected chi connectivity index (χ0v) is 22.1. The van der Waals surface area contributed by atoms with Crippen molar-refractivity contribution < 1.29 is 0 Å². The van der Waals surface area contributed by atoms with Crippen molar-refractivity contribution in [1.29, 1.82) is 0 Å². The highest BCUT2D eigenvalue weighted by atomic mass is 15.1. The maximum atomic E-state index is 4.93. The number of pyridine rings is 2. The molecule has 3 N–H and O–H groups in total. The van der Waals surface area contributed by atoms with Gasteiger partial charge in [0.15, 0.2) is 5.82 Å². The van der Waals surface area contributed by atoms with E-state index < -0.39 is 0 Å². The molecule has 1 aliphatic rings. The van der Waals surface area contributed by atoms with Crippen molar-refractivity contribution in [3.8, 4) is 22.6 Å². The maximum Gasteiger partial charge on any atom is 0.159 e. The maximum absolute atomic E-state index is 4.93. The lowest BCUT2D eigenvalue weighted by Crippen LogP contribution is -2.20. The smallest absolute Gasteiger partial charge is 0.159 e. The molecule has 1 fully saturated rings. The minimum atomic E-state index is 0.679.